The fraction of sp³-hybridized carbons (Fsp3) is 0.400. The van der Waals surface area contributed by atoms with Crippen molar-refractivity contribution in [2.75, 3.05) is 18.6 Å². The Morgan fingerprint density at radius 2 is 2.31 bits per heavy atom. The normalized spacial score (nSPS) is 12.8. The third kappa shape index (κ3) is 3.70. The van der Waals surface area contributed by atoms with Gasteiger partial charge in [0.15, 0.2) is 0 Å². The number of ether oxygens (including phenoxy) is 1. The first-order chi connectivity index (χ1) is 6.22. The summed E-state index contributed by atoms with van der Waals surface area (Å²) in [5, 5.41) is 0. The lowest BCUT2D eigenvalue weighted by Crippen LogP contribution is -2.07. The summed E-state index contributed by atoms with van der Waals surface area (Å²) in [6.07, 6.45) is 0.284. The molecule has 0 saturated carbocycles. The van der Waals surface area contributed by atoms with E-state index in [2.05, 4.69) is 13.0 Å². The topological polar surface area (TPSA) is 35.2 Å². The third-order valence-electron chi connectivity index (χ3n) is 1.75. The van der Waals surface area contributed by atoms with Gasteiger partial charge in [0.05, 0.1) is 6.10 Å². The third-order valence-corrected chi connectivity index (χ3v) is 2.97. The predicted molar refractivity (Wildman–Crippen MR) is 58.0 cm³/mol. The second kappa shape index (κ2) is 5.14. The zero-order valence-electron chi connectivity index (χ0n) is 7.99. The zero-order chi connectivity index (χ0) is 9.68. The number of hydrogen-bond donors (Lipinski definition) is 1. The molecule has 3 heteroatoms. The van der Waals surface area contributed by atoms with Crippen LogP contribution in [-0.2, 0) is 4.74 Å². The molecule has 1 aromatic carbocycles. The molecule has 0 aromatic heterocycles. The van der Waals surface area contributed by atoms with Crippen molar-refractivity contribution in [3.8, 4) is 0 Å². The number of hydrogen-bond acceptors (Lipinski definition) is 3. The van der Waals surface area contributed by atoms with Crippen LogP contribution in [0.3, 0.4) is 0 Å². The van der Waals surface area contributed by atoms with Crippen molar-refractivity contribution in [3.05, 3.63) is 24.3 Å². The van der Waals surface area contributed by atoms with E-state index in [-0.39, 0.29) is 6.10 Å². The summed E-state index contributed by atoms with van der Waals surface area (Å²) >= 11 is 1.76. The van der Waals surface area contributed by atoms with Crippen LogP contribution >= 0.6 is 11.8 Å². The van der Waals surface area contributed by atoms with Crippen molar-refractivity contribution in [2.24, 2.45) is 0 Å². The van der Waals surface area contributed by atoms with Crippen LogP contribution < -0.4 is 5.73 Å². The first-order valence-electron chi connectivity index (χ1n) is 4.23. The van der Waals surface area contributed by atoms with Crippen LogP contribution in [0.15, 0.2) is 29.2 Å². The molecule has 13 heavy (non-hydrogen) atoms. The van der Waals surface area contributed by atoms with E-state index in [0.29, 0.717) is 0 Å². The first kappa shape index (κ1) is 10.4. The summed E-state index contributed by atoms with van der Waals surface area (Å²) in [7, 11) is 1.73. The van der Waals surface area contributed by atoms with E-state index in [9.17, 15) is 0 Å². The smallest absolute Gasteiger partial charge is 0.0637 e. The Kier molecular flexibility index (Phi) is 4.12. The molecule has 72 valence electrons. The summed E-state index contributed by atoms with van der Waals surface area (Å²) in [4.78, 5) is 1.20. The predicted octanol–water partition coefficient (Wildman–Crippen LogP) is 2.40. The highest BCUT2D eigenvalue weighted by Crippen LogP contribution is 2.21. The van der Waals surface area contributed by atoms with Crippen molar-refractivity contribution < 1.29 is 4.74 Å². The van der Waals surface area contributed by atoms with Crippen LogP contribution in [0.4, 0.5) is 5.69 Å². The molecule has 0 spiro atoms. The van der Waals surface area contributed by atoms with E-state index in [1.807, 2.05) is 18.2 Å². The largest absolute Gasteiger partial charge is 0.399 e. The minimum atomic E-state index is 0.284. The van der Waals surface area contributed by atoms with Gasteiger partial charge in [0.1, 0.15) is 0 Å². The molecule has 0 aliphatic carbocycles. The fourth-order valence-electron chi connectivity index (χ4n) is 0.886. The molecule has 0 fully saturated rings. The quantitative estimate of drug-likeness (QED) is 0.594. The van der Waals surface area contributed by atoms with Gasteiger partial charge in [-0.1, -0.05) is 6.07 Å². The number of methoxy groups -OCH3 is 1. The maximum absolute atomic E-state index is 5.65. The molecule has 0 aliphatic rings. The summed E-state index contributed by atoms with van der Waals surface area (Å²) in [6, 6.07) is 7.90. The van der Waals surface area contributed by atoms with Gasteiger partial charge in [0.25, 0.3) is 0 Å². The molecule has 0 heterocycles. The maximum atomic E-state index is 5.65. The minimum absolute atomic E-state index is 0.284. The minimum Gasteiger partial charge on any atom is -0.399 e. The molecular formula is C10H15NOS. The van der Waals surface area contributed by atoms with E-state index >= 15 is 0 Å². The van der Waals surface area contributed by atoms with Gasteiger partial charge in [-0.3, -0.25) is 0 Å². The maximum Gasteiger partial charge on any atom is 0.0637 e. The molecule has 2 nitrogen and oxygen atoms in total. The van der Waals surface area contributed by atoms with Gasteiger partial charge >= 0.3 is 0 Å². The summed E-state index contributed by atoms with van der Waals surface area (Å²) in [6.45, 7) is 2.05. The molecule has 0 aliphatic heterocycles. The van der Waals surface area contributed by atoms with E-state index in [4.69, 9.17) is 10.5 Å². The zero-order valence-corrected chi connectivity index (χ0v) is 8.80. The first-order valence-corrected chi connectivity index (χ1v) is 5.22. The highest BCUT2D eigenvalue weighted by atomic mass is 32.2. The van der Waals surface area contributed by atoms with Gasteiger partial charge in [-0.25, -0.2) is 0 Å². The standard InChI is InChI=1S/C10H15NOS/c1-8(12-2)7-13-10-5-3-4-9(11)6-10/h3-6,8H,7,11H2,1-2H3. The average Bonchev–Trinajstić information content (AvgIpc) is 2.14. The van der Waals surface area contributed by atoms with Crippen LogP contribution in [0.25, 0.3) is 0 Å². The lowest BCUT2D eigenvalue weighted by molar-refractivity contribution is 0.138. The molecule has 1 aromatic rings. The summed E-state index contributed by atoms with van der Waals surface area (Å²) in [5.41, 5.74) is 6.47. The Hall–Kier alpha value is -0.670. The second-order valence-corrected chi connectivity index (χ2v) is 4.02. The van der Waals surface area contributed by atoms with Crippen molar-refractivity contribution in [1.29, 1.82) is 0 Å². The summed E-state index contributed by atoms with van der Waals surface area (Å²) in [5.74, 6) is 0.958. The highest BCUT2D eigenvalue weighted by molar-refractivity contribution is 7.99. The Morgan fingerprint density at radius 3 is 2.92 bits per heavy atom. The fourth-order valence-corrected chi connectivity index (χ4v) is 1.84. The van der Waals surface area contributed by atoms with Crippen LogP contribution in [0.5, 0.6) is 0 Å². The molecule has 0 radical (unpaired) electrons. The van der Waals surface area contributed by atoms with Crippen molar-refractivity contribution in [1.82, 2.24) is 0 Å². The van der Waals surface area contributed by atoms with Gasteiger partial charge in [0, 0.05) is 23.4 Å². The van der Waals surface area contributed by atoms with E-state index in [0.717, 1.165) is 11.4 Å². The van der Waals surface area contributed by atoms with E-state index in [1.54, 1.807) is 18.9 Å². The van der Waals surface area contributed by atoms with Crippen LogP contribution in [0.1, 0.15) is 6.92 Å². The molecule has 2 N–H and O–H groups in total. The number of nitrogen functional groups attached to an aromatic ring is 1. The number of rotatable bonds is 4. The molecule has 0 amide bonds. The number of nitrogens with two attached hydrogens (primary N) is 1. The van der Waals surface area contributed by atoms with Crippen LogP contribution in [-0.4, -0.2) is 19.0 Å². The molecule has 1 rings (SSSR count). The Balaban J connectivity index is 2.45. The van der Waals surface area contributed by atoms with Gasteiger partial charge in [-0.2, -0.15) is 0 Å². The molecule has 1 atom stereocenters. The molecule has 1 unspecified atom stereocenters. The van der Waals surface area contributed by atoms with Gasteiger partial charge in [-0.15, -0.1) is 11.8 Å². The Labute approximate surface area is 83.5 Å². The number of anilines is 1. The van der Waals surface area contributed by atoms with Crippen molar-refractivity contribution >= 4 is 17.4 Å². The van der Waals surface area contributed by atoms with E-state index in [1.165, 1.54) is 4.90 Å². The Bertz CT molecular complexity index is 265. The monoisotopic (exact) mass is 197 g/mol. The average molecular weight is 197 g/mol. The molecule has 0 bridgehead atoms. The van der Waals surface area contributed by atoms with Crippen LogP contribution in [0.2, 0.25) is 0 Å². The highest BCUT2D eigenvalue weighted by Gasteiger charge is 2.00. The molecule has 0 saturated heterocycles. The lowest BCUT2D eigenvalue weighted by atomic mass is 10.3. The number of thioether (sulfide) groups is 1. The van der Waals surface area contributed by atoms with Gasteiger partial charge in [0.2, 0.25) is 0 Å². The lowest BCUT2D eigenvalue weighted by Gasteiger charge is -2.08. The number of benzene rings is 1. The van der Waals surface area contributed by atoms with Gasteiger partial charge < -0.3 is 10.5 Å². The van der Waals surface area contributed by atoms with Gasteiger partial charge in [-0.05, 0) is 25.1 Å². The molecular weight excluding hydrogens is 182 g/mol. The SMILES string of the molecule is COC(C)CSc1cccc(N)c1. The van der Waals surface area contributed by atoms with Crippen LogP contribution in [0, 0.1) is 0 Å². The Morgan fingerprint density at radius 1 is 1.54 bits per heavy atom. The van der Waals surface area contributed by atoms with Crippen molar-refractivity contribution in [2.45, 2.75) is 17.9 Å². The van der Waals surface area contributed by atoms with E-state index < -0.39 is 0 Å². The summed E-state index contributed by atoms with van der Waals surface area (Å²) < 4.78 is 5.15. The van der Waals surface area contributed by atoms with Crippen molar-refractivity contribution in [3.63, 3.8) is 0 Å². The second-order valence-electron chi connectivity index (χ2n) is 2.93.